The van der Waals surface area contributed by atoms with Crippen LogP contribution in [0.1, 0.15) is 18.5 Å². The Morgan fingerprint density at radius 3 is 3.00 bits per heavy atom. The van der Waals surface area contributed by atoms with Gasteiger partial charge in [0.25, 0.3) is 0 Å². The Balaban J connectivity index is 1.63. The lowest BCUT2D eigenvalue weighted by atomic mass is 10.2. The van der Waals surface area contributed by atoms with Crippen LogP contribution in [0.3, 0.4) is 0 Å². The Kier molecular flexibility index (Phi) is 6.74. The fourth-order valence-corrected chi connectivity index (χ4v) is 3.13. The third kappa shape index (κ3) is 5.35. The zero-order valence-electron chi connectivity index (χ0n) is 12.6. The molecule has 22 heavy (non-hydrogen) atoms. The van der Waals surface area contributed by atoms with Crippen molar-refractivity contribution in [3.63, 3.8) is 0 Å². The van der Waals surface area contributed by atoms with E-state index in [1.165, 1.54) is 18.2 Å². The second-order valence-corrected chi connectivity index (χ2v) is 6.65. The summed E-state index contributed by atoms with van der Waals surface area (Å²) in [5.74, 6) is 0.658. The first-order chi connectivity index (χ1) is 10.7. The van der Waals surface area contributed by atoms with E-state index < -0.39 is 0 Å². The number of hydrogen-bond donors (Lipinski definition) is 2. The Hall–Kier alpha value is -1.53. The predicted octanol–water partition coefficient (Wildman–Crippen LogP) is 3.27. The summed E-state index contributed by atoms with van der Waals surface area (Å²) in [6, 6.07) is 10.4. The number of aromatic amines is 1. The molecule has 6 heteroatoms. The molecule has 0 saturated heterocycles. The number of H-pyrrole nitrogens is 1. The van der Waals surface area contributed by atoms with Gasteiger partial charge >= 0.3 is 5.97 Å². The summed E-state index contributed by atoms with van der Waals surface area (Å²) in [5.41, 5.74) is 2.37. The molecule has 0 amide bonds. The molecule has 0 aliphatic carbocycles. The summed E-state index contributed by atoms with van der Waals surface area (Å²) >= 11 is 6.84. The summed E-state index contributed by atoms with van der Waals surface area (Å²) in [5, 5.41) is 4.47. The minimum atomic E-state index is -0.168. The minimum absolute atomic E-state index is 0.168. The number of methoxy groups -OCH3 is 1. The van der Waals surface area contributed by atoms with Gasteiger partial charge in [0.1, 0.15) is 4.32 Å². The number of rotatable bonds is 7. The summed E-state index contributed by atoms with van der Waals surface area (Å²) in [7, 11) is 1.41. The first-order valence-corrected chi connectivity index (χ1v) is 8.62. The van der Waals surface area contributed by atoms with Crippen LogP contribution in [0.2, 0.25) is 0 Å². The molecule has 2 N–H and O–H groups in total. The molecule has 1 heterocycles. The largest absolute Gasteiger partial charge is 0.469 e. The van der Waals surface area contributed by atoms with Crippen molar-refractivity contribution in [1.29, 1.82) is 0 Å². The van der Waals surface area contributed by atoms with E-state index in [9.17, 15) is 4.79 Å². The van der Waals surface area contributed by atoms with Crippen molar-refractivity contribution in [1.82, 2.24) is 10.3 Å². The lowest BCUT2D eigenvalue weighted by Crippen LogP contribution is -2.21. The van der Waals surface area contributed by atoms with Gasteiger partial charge in [-0.3, -0.25) is 4.79 Å². The molecule has 0 spiro atoms. The normalized spacial score (nSPS) is 10.6. The number of benzene rings is 1. The average Bonchev–Trinajstić information content (AvgIpc) is 2.94. The molecule has 0 unspecified atom stereocenters. The van der Waals surface area contributed by atoms with Gasteiger partial charge in [0.05, 0.1) is 7.11 Å². The molecule has 4 nitrogen and oxygen atoms in total. The number of hydrogen-bond acceptors (Lipinski definition) is 4. The lowest BCUT2D eigenvalue weighted by Gasteiger charge is -2.06. The minimum Gasteiger partial charge on any atom is -0.469 e. The maximum absolute atomic E-state index is 11.0. The topological polar surface area (TPSA) is 54.1 Å². The number of aromatic nitrogens is 1. The van der Waals surface area contributed by atoms with Crippen molar-refractivity contribution in [2.75, 3.05) is 19.4 Å². The molecular weight excluding hydrogens is 316 g/mol. The Morgan fingerprint density at radius 2 is 2.23 bits per heavy atom. The highest BCUT2D eigenvalue weighted by molar-refractivity contribution is 8.22. The summed E-state index contributed by atoms with van der Waals surface area (Å²) in [4.78, 5) is 14.4. The van der Waals surface area contributed by atoms with E-state index in [2.05, 4.69) is 33.2 Å². The second-order valence-electron chi connectivity index (χ2n) is 4.87. The Morgan fingerprint density at radius 1 is 1.41 bits per heavy atom. The molecule has 0 aliphatic heterocycles. The zero-order valence-corrected chi connectivity index (χ0v) is 14.2. The van der Waals surface area contributed by atoms with Crippen LogP contribution in [-0.2, 0) is 16.0 Å². The molecule has 0 aliphatic rings. The van der Waals surface area contributed by atoms with Crippen LogP contribution in [-0.4, -0.2) is 34.7 Å². The van der Waals surface area contributed by atoms with Crippen molar-refractivity contribution < 1.29 is 9.53 Å². The number of thiocarbonyl (C=S) groups is 1. The maximum atomic E-state index is 11.0. The van der Waals surface area contributed by atoms with Gasteiger partial charge in [-0.25, -0.2) is 0 Å². The molecule has 2 aromatic rings. The molecule has 0 saturated carbocycles. The Bertz CT molecular complexity index is 607. The van der Waals surface area contributed by atoms with Crippen molar-refractivity contribution in [2.24, 2.45) is 0 Å². The first kappa shape index (κ1) is 16.8. The van der Waals surface area contributed by atoms with Crippen LogP contribution in [0.15, 0.2) is 30.3 Å². The number of nitrogens with one attached hydrogen (secondary N) is 2. The number of thioether (sulfide) groups is 1. The smallest absolute Gasteiger partial charge is 0.305 e. The van der Waals surface area contributed by atoms with Gasteiger partial charge < -0.3 is 15.0 Å². The van der Waals surface area contributed by atoms with E-state index in [1.54, 1.807) is 11.8 Å². The number of para-hydroxylation sites is 1. The molecule has 2 rings (SSSR count). The molecule has 1 aromatic heterocycles. The van der Waals surface area contributed by atoms with Crippen LogP contribution >= 0.6 is 24.0 Å². The van der Waals surface area contributed by atoms with Crippen LogP contribution in [0.5, 0.6) is 0 Å². The molecule has 0 radical (unpaired) electrons. The van der Waals surface area contributed by atoms with E-state index in [0.717, 1.165) is 35.0 Å². The summed E-state index contributed by atoms with van der Waals surface area (Å²) in [6.45, 7) is 0.801. The average molecular weight is 336 g/mol. The third-order valence-corrected chi connectivity index (χ3v) is 4.63. The van der Waals surface area contributed by atoms with E-state index in [0.29, 0.717) is 6.42 Å². The fraction of sp³-hybridized carbons (Fsp3) is 0.375. The number of fused-ring (bicyclic) bond motifs is 1. The lowest BCUT2D eigenvalue weighted by molar-refractivity contribution is -0.140. The molecule has 0 atom stereocenters. The SMILES string of the molecule is COC(=O)CCCSC(=S)NCCc1cc2ccccc2[nH]1. The van der Waals surface area contributed by atoms with Gasteiger partial charge in [0.2, 0.25) is 0 Å². The van der Waals surface area contributed by atoms with Gasteiger partial charge in [-0.1, -0.05) is 42.2 Å². The molecule has 0 bridgehead atoms. The number of esters is 1. The van der Waals surface area contributed by atoms with Gasteiger partial charge in [-0.05, 0) is 23.9 Å². The number of carbonyl (C=O) groups is 1. The van der Waals surface area contributed by atoms with E-state index in [-0.39, 0.29) is 5.97 Å². The van der Waals surface area contributed by atoms with Crippen molar-refractivity contribution in [2.45, 2.75) is 19.3 Å². The van der Waals surface area contributed by atoms with Gasteiger partial charge in [0.15, 0.2) is 0 Å². The highest BCUT2D eigenvalue weighted by atomic mass is 32.2. The highest BCUT2D eigenvalue weighted by Gasteiger charge is 2.03. The number of carbonyl (C=O) groups excluding carboxylic acids is 1. The quantitative estimate of drug-likeness (QED) is 0.462. The van der Waals surface area contributed by atoms with Crippen LogP contribution in [0.4, 0.5) is 0 Å². The van der Waals surface area contributed by atoms with E-state index in [4.69, 9.17) is 12.2 Å². The summed E-state index contributed by atoms with van der Waals surface area (Å²) in [6.07, 6.45) is 2.12. The van der Waals surface area contributed by atoms with Crippen LogP contribution in [0, 0.1) is 0 Å². The fourth-order valence-electron chi connectivity index (χ4n) is 2.10. The van der Waals surface area contributed by atoms with Gasteiger partial charge in [-0.2, -0.15) is 0 Å². The Labute approximate surface area is 140 Å². The third-order valence-electron chi connectivity index (χ3n) is 3.24. The van der Waals surface area contributed by atoms with Crippen molar-refractivity contribution in [3.8, 4) is 0 Å². The second kappa shape index (κ2) is 8.80. The molecule has 118 valence electrons. The maximum Gasteiger partial charge on any atom is 0.305 e. The van der Waals surface area contributed by atoms with Gasteiger partial charge in [0, 0.05) is 36.3 Å². The monoisotopic (exact) mass is 336 g/mol. The van der Waals surface area contributed by atoms with Crippen LogP contribution in [0.25, 0.3) is 10.9 Å². The first-order valence-electron chi connectivity index (χ1n) is 7.23. The van der Waals surface area contributed by atoms with E-state index in [1.807, 2.05) is 12.1 Å². The molecule has 0 fully saturated rings. The van der Waals surface area contributed by atoms with Crippen molar-refractivity contribution in [3.05, 3.63) is 36.0 Å². The summed E-state index contributed by atoms with van der Waals surface area (Å²) < 4.78 is 5.37. The van der Waals surface area contributed by atoms with Crippen molar-refractivity contribution >= 4 is 45.2 Å². The van der Waals surface area contributed by atoms with E-state index >= 15 is 0 Å². The van der Waals surface area contributed by atoms with Gasteiger partial charge in [-0.15, -0.1) is 0 Å². The highest BCUT2D eigenvalue weighted by Crippen LogP contribution is 2.14. The number of ether oxygens (including phenoxy) is 1. The molecular formula is C16H20N2O2S2. The molecule has 1 aromatic carbocycles. The zero-order chi connectivity index (χ0) is 15.8. The predicted molar refractivity (Wildman–Crippen MR) is 96.3 cm³/mol. The van der Waals surface area contributed by atoms with Crippen LogP contribution < -0.4 is 5.32 Å². The standard InChI is InChI=1S/C16H20N2O2S2/c1-20-15(19)7-4-10-22-16(21)17-9-8-13-11-12-5-2-3-6-14(12)18-13/h2-3,5-6,11,18H,4,7-10H2,1H3,(H,17,21).